The molecule has 1 N–H and O–H groups in total. The molecule has 2 saturated heterocycles. The first-order chi connectivity index (χ1) is 9.56. The number of hydroxylamine groups is 3. The van der Waals surface area contributed by atoms with Crippen molar-refractivity contribution in [2.24, 2.45) is 0 Å². The lowest BCUT2D eigenvalue weighted by Crippen LogP contribution is -2.60. The quantitative estimate of drug-likeness (QED) is 0.668. The molecule has 3 heteroatoms. The fourth-order valence-electron chi connectivity index (χ4n) is 3.27. The second-order valence-corrected chi connectivity index (χ2v) is 8.82. The molecule has 0 atom stereocenters. The summed E-state index contributed by atoms with van der Waals surface area (Å²) in [5, 5.41) is 10.1. The Kier molecular flexibility index (Phi) is 6.70. The highest BCUT2D eigenvalue weighted by Crippen LogP contribution is 2.27. The van der Waals surface area contributed by atoms with Crippen LogP contribution in [0.5, 0.6) is 0 Å². The average Bonchev–Trinajstić information content (AvgIpc) is 2.39. The van der Waals surface area contributed by atoms with Crippen LogP contribution in [-0.2, 0) is 0 Å². The van der Waals surface area contributed by atoms with E-state index in [0.29, 0.717) is 5.54 Å². The standard InChI is InChI=1S/C9H20NO.C9H19N/c1-9(2,3)10(11)7-5-4-6-8-10;1-9(2,3)10-7-5-4-6-8-10/h11H,4-8H2,1-3H3;4-8H2,1-3H3/q+1;. The van der Waals surface area contributed by atoms with Crippen molar-refractivity contribution in [3.8, 4) is 0 Å². The summed E-state index contributed by atoms with van der Waals surface area (Å²) in [6, 6.07) is 0. The number of likely N-dealkylation sites (tertiary alicyclic amines) is 2. The lowest BCUT2D eigenvalue weighted by molar-refractivity contribution is -1.14. The predicted molar refractivity (Wildman–Crippen MR) is 90.6 cm³/mol. The summed E-state index contributed by atoms with van der Waals surface area (Å²) in [7, 11) is 0. The van der Waals surface area contributed by atoms with Crippen LogP contribution in [0.2, 0.25) is 0 Å². The summed E-state index contributed by atoms with van der Waals surface area (Å²) in [6.07, 6.45) is 7.87. The van der Waals surface area contributed by atoms with Gasteiger partial charge in [0.15, 0.2) is 0 Å². The van der Waals surface area contributed by atoms with Gasteiger partial charge in [0.05, 0.1) is 0 Å². The van der Waals surface area contributed by atoms with Gasteiger partial charge >= 0.3 is 0 Å². The van der Waals surface area contributed by atoms with Crippen LogP contribution in [0.4, 0.5) is 0 Å². The maximum absolute atomic E-state index is 10.1. The first-order valence-electron chi connectivity index (χ1n) is 8.91. The Morgan fingerprint density at radius 2 is 1.14 bits per heavy atom. The number of nitrogens with zero attached hydrogens (tertiary/aromatic N) is 2. The van der Waals surface area contributed by atoms with E-state index in [9.17, 15) is 5.21 Å². The zero-order valence-corrected chi connectivity index (χ0v) is 15.4. The lowest BCUT2D eigenvalue weighted by atomic mass is 10.00. The fraction of sp³-hybridized carbons (Fsp3) is 1.00. The van der Waals surface area contributed by atoms with Gasteiger partial charge in [-0.15, -0.1) is 0 Å². The average molecular weight is 300 g/mol. The van der Waals surface area contributed by atoms with Crippen LogP contribution in [-0.4, -0.2) is 52.0 Å². The third-order valence-electron chi connectivity index (χ3n) is 5.11. The predicted octanol–water partition coefficient (Wildman–Crippen LogP) is 4.45. The van der Waals surface area contributed by atoms with E-state index in [2.05, 4.69) is 46.4 Å². The molecule has 0 radical (unpaired) electrons. The minimum atomic E-state index is 0.000417. The van der Waals surface area contributed by atoms with Gasteiger partial charge in [0.1, 0.15) is 18.6 Å². The van der Waals surface area contributed by atoms with Crippen LogP contribution in [0.3, 0.4) is 0 Å². The molecule has 2 aliphatic rings. The van der Waals surface area contributed by atoms with Crippen molar-refractivity contribution < 1.29 is 9.85 Å². The Balaban J connectivity index is 0.000000211. The molecule has 2 aliphatic heterocycles. The van der Waals surface area contributed by atoms with Crippen LogP contribution in [0.25, 0.3) is 0 Å². The van der Waals surface area contributed by atoms with Crippen molar-refractivity contribution in [2.45, 2.75) is 91.1 Å². The van der Waals surface area contributed by atoms with E-state index < -0.39 is 0 Å². The molecule has 0 bridgehead atoms. The van der Waals surface area contributed by atoms with E-state index in [1.54, 1.807) is 0 Å². The summed E-state index contributed by atoms with van der Waals surface area (Å²) in [6.45, 7) is 17.7. The van der Waals surface area contributed by atoms with Crippen molar-refractivity contribution in [2.75, 3.05) is 26.2 Å². The zero-order valence-electron chi connectivity index (χ0n) is 15.4. The smallest absolute Gasteiger partial charge is 0.120 e. The van der Waals surface area contributed by atoms with Gasteiger partial charge in [-0.25, -0.2) is 5.21 Å². The second-order valence-electron chi connectivity index (χ2n) is 8.82. The third kappa shape index (κ3) is 5.88. The largest absolute Gasteiger partial charge is 0.298 e. The number of quaternary nitrogens is 1. The minimum absolute atomic E-state index is 0.000417. The molecule has 2 rings (SSSR count). The molecule has 0 aromatic rings. The van der Waals surface area contributed by atoms with E-state index in [4.69, 9.17) is 0 Å². The molecule has 0 aromatic carbocycles. The van der Waals surface area contributed by atoms with Crippen molar-refractivity contribution in [3.63, 3.8) is 0 Å². The van der Waals surface area contributed by atoms with E-state index in [-0.39, 0.29) is 10.2 Å². The van der Waals surface area contributed by atoms with Crippen molar-refractivity contribution in [1.29, 1.82) is 0 Å². The van der Waals surface area contributed by atoms with Crippen molar-refractivity contribution in [3.05, 3.63) is 0 Å². The molecule has 0 amide bonds. The van der Waals surface area contributed by atoms with Gasteiger partial charge in [0.25, 0.3) is 0 Å². The summed E-state index contributed by atoms with van der Waals surface area (Å²) < 4.78 is 0.271. The Morgan fingerprint density at radius 1 is 0.714 bits per heavy atom. The molecule has 0 aromatic heterocycles. The van der Waals surface area contributed by atoms with Gasteiger partial charge in [-0.2, -0.15) is 4.65 Å². The van der Waals surface area contributed by atoms with Gasteiger partial charge in [-0.05, 0) is 86.7 Å². The Morgan fingerprint density at radius 3 is 1.43 bits per heavy atom. The minimum Gasteiger partial charge on any atom is -0.298 e. The van der Waals surface area contributed by atoms with Crippen LogP contribution >= 0.6 is 0 Å². The normalized spacial score (nSPS) is 24.1. The third-order valence-corrected chi connectivity index (χ3v) is 5.11. The second kappa shape index (κ2) is 7.43. The molecular weight excluding hydrogens is 260 g/mol. The van der Waals surface area contributed by atoms with Gasteiger partial charge in [-0.1, -0.05) is 6.42 Å². The van der Waals surface area contributed by atoms with Crippen molar-refractivity contribution in [1.82, 2.24) is 4.90 Å². The monoisotopic (exact) mass is 299 g/mol. The molecule has 0 unspecified atom stereocenters. The molecule has 0 aliphatic carbocycles. The SMILES string of the molecule is CC(C)(C)N1CCCCC1.CC(C)(C)[N+]1(O)CCCCC1. The maximum Gasteiger partial charge on any atom is 0.120 e. The molecular formula is C18H39N2O+. The number of hydrogen-bond acceptors (Lipinski definition) is 2. The topological polar surface area (TPSA) is 23.5 Å². The number of hydrogen-bond donors (Lipinski definition) is 1. The van der Waals surface area contributed by atoms with Crippen LogP contribution in [0.1, 0.15) is 80.1 Å². The molecule has 2 fully saturated rings. The highest BCUT2D eigenvalue weighted by atomic mass is 16.6. The summed E-state index contributed by atoms with van der Waals surface area (Å²) in [5.74, 6) is 0. The molecule has 21 heavy (non-hydrogen) atoms. The Hall–Kier alpha value is -0.120. The zero-order chi connectivity index (χ0) is 16.1. The molecule has 0 spiro atoms. The fourth-order valence-corrected chi connectivity index (χ4v) is 3.27. The van der Waals surface area contributed by atoms with Gasteiger partial charge < -0.3 is 0 Å². The lowest BCUT2D eigenvalue weighted by Gasteiger charge is -2.43. The van der Waals surface area contributed by atoms with Crippen LogP contribution in [0, 0.1) is 0 Å². The first-order valence-corrected chi connectivity index (χ1v) is 8.91. The van der Waals surface area contributed by atoms with Gasteiger partial charge in [0.2, 0.25) is 0 Å². The van der Waals surface area contributed by atoms with Crippen LogP contribution in [0.15, 0.2) is 0 Å². The van der Waals surface area contributed by atoms with E-state index in [1.165, 1.54) is 51.6 Å². The van der Waals surface area contributed by atoms with Gasteiger partial charge in [0, 0.05) is 5.54 Å². The van der Waals surface area contributed by atoms with Crippen LogP contribution < -0.4 is 0 Å². The molecule has 0 saturated carbocycles. The summed E-state index contributed by atoms with van der Waals surface area (Å²) >= 11 is 0. The van der Waals surface area contributed by atoms with E-state index >= 15 is 0 Å². The molecule has 2 heterocycles. The van der Waals surface area contributed by atoms with E-state index in [0.717, 1.165) is 13.1 Å². The number of piperidine rings is 2. The molecule has 126 valence electrons. The Bertz CT molecular complexity index is 289. The summed E-state index contributed by atoms with van der Waals surface area (Å²) in [5.41, 5.74) is 0.404. The van der Waals surface area contributed by atoms with Crippen molar-refractivity contribution >= 4 is 0 Å². The Labute approximate surface area is 132 Å². The first kappa shape index (κ1) is 18.9. The maximum atomic E-state index is 10.1. The summed E-state index contributed by atoms with van der Waals surface area (Å²) in [4.78, 5) is 2.58. The van der Waals surface area contributed by atoms with Gasteiger partial charge in [-0.3, -0.25) is 4.90 Å². The highest BCUT2D eigenvalue weighted by Gasteiger charge is 2.40. The van der Waals surface area contributed by atoms with E-state index in [1.807, 2.05) is 0 Å². The molecule has 3 nitrogen and oxygen atoms in total. The highest BCUT2D eigenvalue weighted by molar-refractivity contribution is 4.78. The number of rotatable bonds is 0.